The average Bonchev–Trinajstić information content (AvgIpc) is 3.16. The number of thioether (sulfide) groups is 1. The second kappa shape index (κ2) is 9.68. The van der Waals surface area contributed by atoms with Gasteiger partial charge in [0.2, 0.25) is 5.91 Å². The Morgan fingerprint density at radius 2 is 1.96 bits per heavy atom. The molecule has 0 radical (unpaired) electrons. The maximum atomic E-state index is 12.3. The third kappa shape index (κ3) is 5.94. The van der Waals surface area contributed by atoms with Crippen LogP contribution in [0.25, 0.3) is 0 Å². The summed E-state index contributed by atoms with van der Waals surface area (Å²) in [4.78, 5) is 14.7. The molecular weight excluding hydrogens is 332 g/mol. The molecule has 1 aromatic heterocycles. The molecule has 1 aromatic carbocycles. The van der Waals surface area contributed by atoms with Crippen molar-refractivity contribution in [2.24, 2.45) is 5.92 Å². The van der Waals surface area contributed by atoms with Crippen molar-refractivity contribution in [1.82, 2.24) is 10.2 Å². The Labute approximate surface area is 154 Å². The Morgan fingerprint density at radius 3 is 2.68 bits per heavy atom. The van der Waals surface area contributed by atoms with Crippen molar-refractivity contribution in [3.63, 3.8) is 0 Å². The number of benzene rings is 1. The van der Waals surface area contributed by atoms with Gasteiger partial charge in [-0.1, -0.05) is 30.3 Å². The molecule has 0 atom stereocenters. The number of nitrogens with zero attached hydrogens (tertiary/aromatic N) is 1. The lowest BCUT2D eigenvalue weighted by Gasteiger charge is -2.31. The fraction of sp³-hybridized carbons (Fsp3) is 0.450. The van der Waals surface area contributed by atoms with Crippen LogP contribution in [0.15, 0.2) is 53.1 Å². The van der Waals surface area contributed by atoms with E-state index in [0.717, 1.165) is 56.3 Å². The van der Waals surface area contributed by atoms with Gasteiger partial charge in [-0.2, -0.15) is 11.8 Å². The van der Waals surface area contributed by atoms with E-state index in [1.165, 1.54) is 5.56 Å². The maximum absolute atomic E-state index is 12.3. The van der Waals surface area contributed by atoms with Gasteiger partial charge in [0.05, 0.1) is 12.0 Å². The zero-order chi connectivity index (χ0) is 17.3. The van der Waals surface area contributed by atoms with Gasteiger partial charge >= 0.3 is 0 Å². The third-order valence-electron chi connectivity index (χ3n) is 4.58. The first kappa shape index (κ1) is 18.1. The highest BCUT2D eigenvalue weighted by atomic mass is 32.2. The van der Waals surface area contributed by atoms with Crippen molar-refractivity contribution in [1.29, 1.82) is 0 Å². The van der Waals surface area contributed by atoms with Gasteiger partial charge in [0.25, 0.3) is 0 Å². The van der Waals surface area contributed by atoms with Gasteiger partial charge in [0.15, 0.2) is 0 Å². The molecule has 4 nitrogen and oxygen atoms in total. The number of carbonyl (C=O) groups is 1. The van der Waals surface area contributed by atoms with Crippen molar-refractivity contribution in [3.8, 4) is 0 Å². The highest BCUT2D eigenvalue weighted by Crippen LogP contribution is 2.19. The monoisotopic (exact) mass is 358 g/mol. The Hall–Kier alpha value is -1.72. The fourth-order valence-electron chi connectivity index (χ4n) is 3.15. The van der Waals surface area contributed by atoms with Crippen LogP contribution >= 0.6 is 11.8 Å². The molecular formula is C20H26N2O2S. The standard InChI is InChI=1S/C20H26N2O2S/c23-20(21-10-14-25-16-19-7-4-13-24-19)18-8-11-22(12-9-18)15-17-5-2-1-3-6-17/h1-7,13,18H,8-12,14-16H2,(H,21,23). The van der Waals surface area contributed by atoms with Crippen LogP contribution in [0, 0.1) is 5.92 Å². The smallest absolute Gasteiger partial charge is 0.223 e. The molecule has 25 heavy (non-hydrogen) atoms. The molecule has 0 saturated carbocycles. The molecule has 134 valence electrons. The summed E-state index contributed by atoms with van der Waals surface area (Å²) < 4.78 is 5.30. The predicted molar refractivity (Wildman–Crippen MR) is 102 cm³/mol. The normalized spacial score (nSPS) is 16.0. The van der Waals surface area contributed by atoms with Crippen molar-refractivity contribution < 1.29 is 9.21 Å². The van der Waals surface area contributed by atoms with E-state index >= 15 is 0 Å². The number of hydrogen-bond donors (Lipinski definition) is 1. The maximum Gasteiger partial charge on any atom is 0.223 e. The molecule has 1 N–H and O–H groups in total. The predicted octanol–water partition coefficient (Wildman–Crippen LogP) is 3.54. The van der Waals surface area contributed by atoms with Crippen molar-refractivity contribution in [3.05, 3.63) is 60.1 Å². The summed E-state index contributed by atoms with van der Waals surface area (Å²) in [6, 6.07) is 14.4. The van der Waals surface area contributed by atoms with Crippen molar-refractivity contribution >= 4 is 17.7 Å². The molecule has 2 aromatic rings. The molecule has 2 heterocycles. The van der Waals surface area contributed by atoms with Crippen molar-refractivity contribution in [2.45, 2.75) is 25.1 Å². The largest absolute Gasteiger partial charge is 0.468 e. The van der Waals surface area contributed by atoms with Crippen LogP contribution in [-0.2, 0) is 17.1 Å². The molecule has 5 heteroatoms. The fourth-order valence-corrected chi connectivity index (χ4v) is 3.91. The van der Waals surface area contributed by atoms with E-state index in [9.17, 15) is 4.79 Å². The Morgan fingerprint density at radius 1 is 1.16 bits per heavy atom. The number of furan rings is 1. The molecule has 0 unspecified atom stereocenters. The number of rotatable bonds is 8. The topological polar surface area (TPSA) is 45.5 Å². The quantitative estimate of drug-likeness (QED) is 0.733. The van der Waals surface area contributed by atoms with Crippen LogP contribution in [0.5, 0.6) is 0 Å². The first-order valence-corrected chi connectivity index (χ1v) is 10.1. The molecule has 3 rings (SSSR count). The third-order valence-corrected chi connectivity index (χ3v) is 5.56. The molecule has 1 aliphatic heterocycles. The summed E-state index contributed by atoms with van der Waals surface area (Å²) >= 11 is 1.78. The number of likely N-dealkylation sites (tertiary alicyclic amines) is 1. The number of amides is 1. The number of hydrogen-bond acceptors (Lipinski definition) is 4. The van der Waals surface area contributed by atoms with E-state index in [1.54, 1.807) is 18.0 Å². The Balaban J connectivity index is 1.29. The van der Waals surface area contributed by atoms with E-state index < -0.39 is 0 Å². The van der Waals surface area contributed by atoms with Gasteiger partial charge in [0.1, 0.15) is 5.76 Å². The summed E-state index contributed by atoms with van der Waals surface area (Å²) in [6.45, 7) is 3.72. The molecule has 0 bridgehead atoms. The highest BCUT2D eigenvalue weighted by Gasteiger charge is 2.24. The van der Waals surface area contributed by atoms with Crippen LogP contribution in [0.2, 0.25) is 0 Å². The van der Waals surface area contributed by atoms with Crippen molar-refractivity contribution in [2.75, 3.05) is 25.4 Å². The molecule has 1 aliphatic rings. The molecule has 0 spiro atoms. The number of carbonyl (C=O) groups excluding carboxylic acids is 1. The second-order valence-corrected chi connectivity index (χ2v) is 7.56. The van der Waals surface area contributed by atoms with E-state index in [-0.39, 0.29) is 11.8 Å². The summed E-state index contributed by atoms with van der Waals surface area (Å²) in [6.07, 6.45) is 3.61. The zero-order valence-corrected chi connectivity index (χ0v) is 15.3. The van der Waals surface area contributed by atoms with E-state index in [0.29, 0.717) is 0 Å². The van der Waals surface area contributed by atoms with Crippen LogP contribution in [0.3, 0.4) is 0 Å². The van der Waals surface area contributed by atoms with Gasteiger partial charge in [0, 0.05) is 24.8 Å². The summed E-state index contributed by atoms with van der Waals surface area (Å²) in [5, 5.41) is 3.09. The van der Waals surface area contributed by atoms with Gasteiger partial charge in [-0.05, 0) is 43.6 Å². The van der Waals surface area contributed by atoms with Gasteiger partial charge in [-0.3, -0.25) is 9.69 Å². The lowest BCUT2D eigenvalue weighted by molar-refractivity contribution is -0.126. The molecule has 1 amide bonds. The van der Waals surface area contributed by atoms with E-state index in [1.807, 2.05) is 18.2 Å². The average molecular weight is 359 g/mol. The lowest BCUT2D eigenvalue weighted by Crippen LogP contribution is -2.40. The minimum absolute atomic E-state index is 0.169. The van der Waals surface area contributed by atoms with E-state index in [2.05, 4.69) is 34.5 Å². The second-order valence-electron chi connectivity index (χ2n) is 6.46. The van der Waals surface area contributed by atoms with Gasteiger partial charge in [-0.15, -0.1) is 0 Å². The summed E-state index contributed by atoms with van der Waals surface area (Å²) in [5.41, 5.74) is 1.35. The first-order chi connectivity index (χ1) is 12.3. The highest BCUT2D eigenvalue weighted by molar-refractivity contribution is 7.98. The molecule has 1 saturated heterocycles. The first-order valence-electron chi connectivity index (χ1n) is 8.95. The van der Waals surface area contributed by atoms with Gasteiger partial charge in [-0.25, -0.2) is 0 Å². The zero-order valence-electron chi connectivity index (χ0n) is 14.5. The lowest BCUT2D eigenvalue weighted by atomic mass is 9.95. The molecule has 0 aliphatic carbocycles. The van der Waals surface area contributed by atoms with E-state index in [4.69, 9.17) is 4.42 Å². The summed E-state index contributed by atoms with van der Waals surface area (Å²) in [7, 11) is 0. The minimum Gasteiger partial charge on any atom is -0.468 e. The van der Waals surface area contributed by atoms with Crippen LogP contribution in [0.1, 0.15) is 24.2 Å². The van der Waals surface area contributed by atoms with Crippen LogP contribution in [0.4, 0.5) is 0 Å². The van der Waals surface area contributed by atoms with Crippen LogP contribution < -0.4 is 5.32 Å². The van der Waals surface area contributed by atoms with Gasteiger partial charge < -0.3 is 9.73 Å². The Bertz CT molecular complexity index is 622. The Kier molecular flexibility index (Phi) is 7.00. The SMILES string of the molecule is O=C(NCCSCc1ccco1)C1CCN(Cc2ccccc2)CC1. The van der Waals surface area contributed by atoms with Crippen LogP contribution in [-0.4, -0.2) is 36.2 Å². The number of piperidine rings is 1. The number of nitrogens with one attached hydrogen (secondary N) is 1. The minimum atomic E-state index is 0.169. The summed E-state index contributed by atoms with van der Waals surface area (Å²) in [5.74, 6) is 3.15. The molecule has 1 fully saturated rings.